The van der Waals surface area contributed by atoms with Crippen LogP contribution in [0.5, 0.6) is 0 Å². The fourth-order valence-electron chi connectivity index (χ4n) is 2.91. The van der Waals surface area contributed by atoms with Gasteiger partial charge < -0.3 is 5.32 Å². The zero-order valence-electron chi connectivity index (χ0n) is 12.1. The SMILES string of the molecule is CCNCC1CCCCN1S(=O)(=O)NC1CC1CC. The number of nitrogens with zero attached hydrogens (tertiary/aromatic N) is 1. The molecule has 1 heterocycles. The standard InChI is InChI=1S/C13H27N3O2S/c1-3-11-9-13(11)15-19(17,18)16-8-6-5-7-12(16)10-14-4-2/h11-15H,3-10H2,1-2H3. The first-order chi connectivity index (χ1) is 9.08. The van der Waals surface area contributed by atoms with E-state index >= 15 is 0 Å². The van der Waals surface area contributed by atoms with E-state index < -0.39 is 10.2 Å². The van der Waals surface area contributed by atoms with Gasteiger partial charge in [0.05, 0.1) is 0 Å². The lowest BCUT2D eigenvalue weighted by Crippen LogP contribution is -2.52. The van der Waals surface area contributed by atoms with Crippen LogP contribution in [0, 0.1) is 5.92 Å². The van der Waals surface area contributed by atoms with Crippen molar-refractivity contribution in [2.75, 3.05) is 19.6 Å². The van der Waals surface area contributed by atoms with E-state index in [2.05, 4.69) is 23.9 Å². The molecule has 0 aromatic heterocycles. The number of hydrogen-bond donors (Lipinski definition) is 2. The quantitative estimate of drug-likeness (QED) is 0.737. The van der Waals surface area contributed by atoms with E-state index in [0.29, 0.717) is 12.5 Å². The van der Waals surface area contributed by atoms with E-state index in [1.54, 1.807) is 4.31 Å². The summed E-state index contributed by atoms with van der Waals surface area (Å²) in [5.41, 5.74) is 0. The van der Waals surface area contributed by atoms with Crippen LogP contribution in [-0.4, -0.2) is 44.4 Å². The molecule has 1 saturated heterocycles. The fourth-order valence-corrected chi connectivity index (χ4v) is 4.66. The largest absolute Gasteiger partial charge is 0.315 e. The number of piperidine rings is 1. The Hall–Kier alpha value is -0.170. The Bertz CT molecular complexity index is 385. The summed E-state index contributed by atoms with van der Waals surface area (Å²) < 4.78 is 29.5. The van der Waals surface area contributed by atoms with Crippen molar-refractivity contribution in [3.63, 3.8) is 0 Å². The first-order valence-electron chi connectivity index (χ1n) is 7.58. The molecule has 3 unspecified atom stereocenters. The first-order valence-corrected chi connectivity index (χ1v) is 9.02. The Kier molecular flexibility index (Phi) is 5.22. The van der Waals surface area contributed by atoms with Gasteiger partial charge >= 0.3 is 0 Å². The molecule has 2 rings (SSSR count). The highest BCUT2D eigenvalue weighted by Crippen LogP contribution is 2.34. The number of rotatable bonds is 7. The summed E-state index contributed by atoms with van der Waals surface area (Å²) in [4.78, 5) is 0. The van der Waals surface area contributed by atoms with E-state index in [4.69, 9.17) is 0 Å². The number of likely N-dealkylation sites (N-methyl/N-ethyl adjacent to an activating group) is 1. The molecule has 112 valence electrons. The monoisotopic (exact) mass is 289 g/mol. The molecule has 0 aromatic rings. The molecule has 1 aliphatic carbocycles. The average molecular weight is 289 g/mol. The fraction of sp³-hybridized carbons (Fsp3) is 1.00. The third-order valence-electron chi connectivity index (χ3n) is 4.26. The van der Waals surface area contributed by atoms with Gasteiger partial charge in [-0.25, -0.2) is 0 Å². The average Bonchev–Trinajstić information content (AvgIpc) is 3.14. The molecule has 0 aromatic carbocycles. The smallest absolute Gasteiger partial charge is 0.280 e. The molecule has 2 aliphatic rings. The maximum atomic E-state index is 12.5. The molecule has 0 bridgehead atoms. The van der Waals surface area contributed by atoms with E-state index in [0.717, 1.165) is 45.2 Å². The minimum atomic E-state index is -3.30. The van der Waals surface area contributed by atoms with Gasteiger partial charge in [0.15, 0.2) is 0 Å². The van der Waals surface area contributed by atoms with Crippen LogP contribution in [-0.2, 0) is 10.2 Å². The van der Waals surface area contributed by atoms with E-state index in [-0.39, 0.29) is 12.1 Å². The summed E-state index contributed by atoms with van der Waals surface area (Å²) in [6, 6.07) is 0.293. The van der Waals surface area contributed by atoms with Crippen molar-refractivity contribution >= 4 is 10.2 Å². The molecule has 0 spiro atoms. The number of nitrogens with one attached hydrogen (secondary N) is 2. The van der Waals surface area contributed by atoms with Crippen LogP contribution in [0.25, 0.3) is 0 Å². The van der Waals surface area contributed by atoms with Crippen molar-refractivity contribution in [1.29, 1.82) is 0 Å². The third kappa shape index (κ3) is 3.90. The molecule has 0 radical (unpaired) electrons. The highest BCUT2D eigenvalue weighted by Gasteiger charge is 2.41. The second kappa shape index (κ2) is 6.52. The van der Waals surface area contributed by atoms with Gasteiger partial charge in [-0.2, -0.15) is 17.4 Å². The molecule has 1 aliphatic heterocycles. The molecule has 3 atom stereocenters. The normalized spacial score (nSPS) is 32.4. The van der Waals surface area contributed by atoms with Crippen molar-refractivity contribution < 1.29 is 8.42 Å². The van der Waals surface area contributed by atoms with Gasteiger partial charge in [-0.15, -0.1) is 0 Å². The van der Waals surface area contributed by atoms with Gasteiger partial charge in [0.2, 0.25) is 0 Å². The van der Waals surface area contributed by atoms with Crippen LogP contribution in [0.2, 0.25) is 0 Å². The summed E-state index contributed by atoms with van der Waals surface area (Å²) in [7, 11) is -3.30. The van der Waals surface area contributed by atoms with Crippen molar-refractivity contribution in [2.24, 2.45) is 5.92 Å². The van der Waals surface area contributed by atoms with Gasteiger partial charge in [-0.1, -0.05) is 26.7 Å². The molecular weight excluding hydrogens is 262 g/mol. The Labute approximate surface area is 117 Å². The van der Waals surface area contributed by atoms with E-state index in [1.165, 1.54) is 0 Å². The highest BCUT2D eigenvalue weighted by molar-refractivity contribution is 7.87. The van der Waals surface area contributed by atoms with Gasteiger partial charge in [0, 0.05) is 25.2 Å². The molecule has 5 nitrogen and oxygen atoms in total. The topological polar surface area (TPSA) is 61.4 Å². The van der Waals surface area contributed by atoms with Crippen LogP contribution >= 0.6 is 0 Å². The summed E-state index contributed by atoms with van der Waals surface area (Å²) in [6.45, 7) is 6.48. The van der Waals surface area contributed by atoms with Gasteiger partial charge in [-0.3, -0.25) is 0 Å². The maximum Gasteiger partial charge on any atom is 0.280 e. The molecule has 1 saturated carbocycles. The minimum absolute atomic E-state index is 0.116. The van der Waals surface area contributed by atoms with Crippen LogP contribution in [0.15, 0.2) is 0 Å². The lowest BCUT2D eigenvalue weighted by Gasteiger charge is -2.34. The molecule has 19 heavy (non-hydrogen) atoms. The first kappa shape index (κ1) is 15.2. The molecule has 0 amide bonds. The van der Waals surface area contributed by atoms with Crippen molar-refractivity contribution in [3.05, 3.63) is 0 Å². The summed E-state index contributed by atoms with van der Waals surface area (Å²) in [6.07, 6.45) is 5.14. The van der Waals surface area contributed by atoms with Crippen LogP contribution < -0.4 is 10.0 Å². The van der Waals surface area contributed by atoms with Crippen LogP contribution in [0.1, 0.15) is 46.0 Å². The van der Waals surface area contributed by atoms with Gasteiger partial charge in [0.1, 0.15) is 0 Å². The zero-order valence-corrected chi connectivity index (χ0v) is 12.9. The number of hydrogen-bond acceptors (Lipinski definition) is 3. The van der Waals surface area contributed by atoms with E-state index in [9.17, 15) is 8.42 Å². The molecule has 6 heteroatoms. The van der Waals surface area contributed by atoms with Gasteiger partial charge in [-0.05, 0) is 31.7 Å². The molecular formula is C13H27N3O2S. The van der Waals surface area contributed by atoms with Crippen LogP contribution in [0.3, 0.4) is 0 Å². The van der Waals surface area contributed by atoms with Crippen molar-refractivity contribution in [3.8, 4) is 0 Å². The van der Waals surface area contributed by atoms with Crippen LogP contribution in [0.4, 0.5) is 0 Å². The molecule has 2 fully saturated rings. The van der Waals surface area contributed by atoms with Crippen molar-refractivity contribution in [1.82, 2.24) is 14.3 Å². The predicted molar refractivity (Wildman–Crippen MR) is 77.1 cm³/mol. The Morgan fingerprint density at radius 3 is 2.68 bits per heavy atom. The second-order valence-electron chi connectivity index (χ2n) is 5.70. The Balaban J connectivity index is 1.95. The predicted octanol–water partition coefficient (Wildman–Crippen LogP) is 1.08. The summed E-state index contributed by atoms with van der Waals surface area (Å²) in [5.74, 6) is 0.548. The molecule has 2 N–H and O–H groups in total. The summed E-state index contributed by atoms with van der Waals surface area (Å²) in [5, 5.41) is 3.28. The highest BCUT2D eigenvalue weighted by atomic mass is 32.2. The Morgan fingerprint density at radius 1 is 1.26 bits per heavy atom. The summed E-state index contributed by atoms with van der Waals surface area (Å²) >= 11 is 0. The van der Waals surface area contributed by atoms with Crippen molar-refractivity contribution in [2.45, 2.75) is 58.0 Å². The maximum absolute atomic E-state index is 12.5. The second-order valence-corrected chi connectivity index (χ2v) is 7.36. The van der Waals surface area contributed by atoms with Gasteiger partial charge in [0.25, 0.3) is 10.2 Å². The zero-order chi connectivity index (χ0) is 13.9. The Morgan fingerprint density at radius 2 is 2.05 bits per heavy atom. The third-order valence-corrected chi connectivity index (χ3v) is 5.96. The lowest BCUT2D eigenvalue weighted by atomic mass is 10.1. The minimum Gasteiger partial charge on any atom is -0.315 e. The lowest BCUT2D eigenvalue weighted by molar-refractivity contribution is 0.243. The van der Waals surface area contributed by atoms with E-state index in [1.807, 2.05) is 0 Å².